The summed E-state index contributed by atoms with van der Waals surface area (Å²) in [6.07, 6.45) is -5.41. The summed E-state index contributed by atoms with van der Waals surface area (Å²) in [4.78, 5) is 86.1. The SMILES string of the molecule is C=CCCC(=O)N1CC(OCC)CC1C(=O)O[C@H]1[C@@H](O)[C@H](n2cnc3c(N)ncnc32)O[C@@H]1COP(=O)(O)O[C@H]1C[C@H](n2ccc(N)nc2=O)O[C@@H]1COP(=O)(O)O. The van der Waals surface area contributed by atoms with E-state index in [4.69, 9.17) is 39.5 Å². The number of allylic oxidation sites excluding steroid dienone is 1. The van der Waals surface area contributed by atoms with Crippen molar-refractivity contribution in [1.29, 1.82) is 0 Å². The number of carbonyl (C=O) groups is 2. The van der Waals surface area contributed by atoms with Gasteiger partial charge in [-0.2, -0.15) is 4.98 Å². The highest BCUT2D eigenvalue weighted by molar-refractivity contribution is 7.47. The normalized spacial score (nSPS) is 28.5. The number of hydrogen-bond acceptors (Lipinski definition) is 19. The largest absolute Gasteiger partial charge is 0.472 e. The van der Waals surface area contributed by atoms with Crippen molar-refractivity contribution in [3.05, 3.63) is 48.1 Å². The minimum Gasteiger partial charge on any atom is -0.455 e. The van der Waals surface area contributed by atoms with Gasteiger partial charge in [0, 0.05) is 38.6 Å². The van der Waals surface area contributed by atoms with Crippen LogP contribution in [0, 0.1) is 0 Å². The first-order valence-corrected chi connectivity index (χ1v) is 20.9. The Balaban J connectivity index is 1.22. The second kappa shape index (κ2) is 17.9. The fourth-order valence-electron chi connectivity index (χ4n) is 6.84. The van der Waals surface area contributed by atoms with Crippen molar-refractivity contribution < 1.29 is 71.0 Å². The van der Waals surface area contributed by atoms with Gasteiger partial charge in [-0.3, -0.25) is 27.5 Å². The number of carbonyl (C=O) groups excluding carboxylic acids is 2. The Morgan fingerprint density at radius 2 is 1.83 bits per heavy atom. The molecule has 0 spiro atoms. The Bertz CT molecular complexity index is 2140. The monoisotopic (exact) mass is 859 g/mol. The molecule has 0 saturated carbocycles. The molecule has 0 radical (unpaired) electrons. The number of phosphoric ester groups is 2. The van der Waals surface area contributed by atoms with Gasteiger partial charge in [-0.15, -0.1) is 6.58 Å². The van der Waals surface area contributed by atoms with E-state index in [1.54, 1.807) is 13.0 Å². The van der Waals surface area contributed by atoms with E-state index in [1.165, 1.54) is 28.1 Å². The number of rotatable bonds is 17. The second-order valence-corrected chi connectivity index (χ2v) is 16.0. The van der Waals surface area contributed by atoms with E-state index in [0.29, 0.717) is 13.0 Å². The Kier molecular flexibility index (Phi) is 13.4. The predicted octanol–water partition coefficient (Wildman–Crippen LogP) is -0.711. The quantitative estimate of drug-likeness (QED) is 0.0554. The lowest BCUT2D eigenvalue weighted by Gasteiger charge is -2.27. The number of likely N-dealkylation sites (tertiary alicyclic amines) is 1. The molecule has 6 rings (SSSR count). The van der Waals surface area contributed by atoms with Gasteiger partial charge >= 0.3 is 27.3 Å². The lowest BCUT2D eigenvalue weighted by Crippen LogP contribution is -2.46. The summed E-state index contributed by atoms with van der Waals surface area (Å²) < 4.78 is 65.8. The minimum absolute atomic E-state index is 0.0175. The van der Waals surface area contributed by atoms with E-state index >= 15 is 0 Å². The van der Waals surface area contributed by atoms with Gasteiger partial charge in [0.25, 0.3) is 0 Å². The van der Waals surface area contributed by atoms with Gasteiger partial charge < -0.3 is 55.1 Å². The van der Waals surface area contributed by atoms with E-state index in [-0.39, 0.29) is 54.5 Å². The molecule has 3 aromatic heterocycles. The molecule has 1 amide bonds. The highest BCUT2D eigenvalue weighted by atomic mass is 31.2. The number of hydrogen-bond donors (Lipinski definition) is 6. The molecule has 3 aliphatic heterocycles. The molecular formula is C31H43N9O16P2. The standard InChI is InChI=1S/C31H43N9O16P2/c1-3-5-6-22(41)39-11-16(50-4-2)9-17(39)30(43)55-26-20(54-29(25(26)42)40-15-36-24-27(33)34-14-35-28(24)40)13-52-58(48,49)56-18-10-23(38-8-7-21(32)37-31(38)44)53-19(18)12-51-57(45,46)47/h3,7-8,14-20,23,25-26,29,42H,1,4-6,9-13H2,2H3,(H,48,49)(H2,32,37,44)(H2,33,34,35)(H2,45,46,47)/t16?,17?,18-,19+,20+,23+,25+,26+,29+/m0/s1. The maximum absolute atomic E-state index is 13.9. The number of amides is 1. The van der Waals surface area contributed by atoms with Crippen molar-refractivity contribution in [2.75, 3.05) is 37.8 Å². The summed E-state index contributed by atoms with van der Waals surface area (Å²) in [5.41, 5.74) is 10.9. The Morgan fingerprint density at radius 3 is 2.53 bits per heavy atom. The molecule has 10 atom stereocenters. The summed E-state index contributed by atoms with van der Waals surface area (Å²) >= 11 is 0. The molecule has 3 saturated heterocycles. The average molecular weight is 860 g/mol. The van der Waals surface area contributed by atoms with Crippen molar-refractivity contribution in [3.8, 4) is 0 Å². The minimum atomic E-state index is -5.20. The van der Waals surface area contributed by atoms with E-state index in [0.717, 1.165) is 10.9 Å². The summed E-state index contributed by atoms with van der Waals surface area (Å²) in [5.74, 6) is -1.36. The lowest BCUT2D eigenvalue weighted by molar-refractivity contribution is -0.164. The predicted molar refractivity (Wildman–Crippen MR) is 195 cm³/mol. The first-order chi connectivity index (χ1) is 27.5. The molecule has 3 aliphatic rings. The molecule has 6 heterocycles. The highest BCUT2D eigenvalue weighted by Gasteiger charge is 2.51. The molecule has 318 valence electrons. The average Bonchev–Trinajstić information content (AvgIpc) is 3.94. The fraction of sp³-hybridized carbons (Fsp3) is 0.581. The van der Waals surface area contributed by atoms with Crippen LogP contribution in [-0.2, 0) is 51.2 Å². The zero-order chi connectivity index (χ0) is 41.9. The fourth-order valence-corrected chi connectivity index (χ4v) is 8.14. The van der Waals surface area contributed by atoms with Crippen LogP contribution in [0.15, 0.2) is 42.4 Å². The van der Waals surface area contributed by atoms with Crippen molar-refractivity contribution in [2.24, 2.45) is 0 Å². The number of nitrogen functional groups attached to an aromatic ring is 2. The van der Waals surface area contributed by atoms with Gasteiger partial charge in [0.1, 0.15) is 54.3 Å². The van der Waals surface area contributed by atoms with Crippen molar-refractivity contribution in [2.45, 2.75) is 87.7 Å². The number of nitrogens with zero attached hydrogens (tertiary/aromatic N) is 7. The number of aromatic nitrogens is 6. The molecule has 0 bridgehead atoms. The zero-order valence-electron chi connectivity index (χ0n) is 30.8. The maximum Gasteiger partial charge on any atom is 0.472 e. The van der Waals surface area contributed by atoms with E-state index in [1.807, 2.05) is 0 Å². The highest BCUT2D eigenvalue weighted by Crippen LogP contribution is 2.50. The molecular weight excluding hydrogens is 816 g/mol. The van der Waals surface area contributed by atoms with Gasteiger partial charge in [-0.05, 0) is 19.4 Å². The third-order valence-corrected chi connectivity index (χ3v) is 11.0. The van der Waals surface area contributed by atoms with Crippen molar-refractivity contribution in [3.63, 3.8) is 0 Å². The van der Waals surface area contributed by atoms with Gasteiger partial charge in [0.15, 0.2) is 23.8 Å². The number of esters is 1. The molecule has 0 aliphatic carbocycles. The third-order valence-electron chi connectivity index (χ3n) is 9.46. The van der Waals surface area contributed by atoms with E-state index in [9.17, 15) is 43.3 Å². The first-order valence-electron chi connectivity index (χ1n) is 17.8. The Hall–Kier alpha value is -4.23. The lowest BCUT2D eigenvalue weighted by atomic mass is 10.1. The summed E-state index contributed by atoms with van der Waals surface area (Å²) in [5, 5.41) is 11.6. The van der Waals surface area contributed by atoms with Crippen LogP contribution in [0.25, 0.3) is 11.2 Å². The summed E-state index contributed by atoms with van der Waals surface area (Å²) in [7, 11) is -10.3. The van der Waals surface area contributed by atoms with Crippen LogP contribution >= 0.6 is 15.6 Å². The second-order valence-electron chi connectivity index (χ2n) is 13.3. The van der Waals surface area contributed by atoms with Gasteiger partial charge in [0.2, 0.25) is 5.91 Å². The summed E-state index contributed by atoms with van der Waals surface area (Å²) in [6, 6.07) is 0.158. The van der Waals surface area contributed by atoms with Crippen LogP contribution in [0.3, 0.4) is 0 Å². The van der Waals surface area contributed by atoms with Crippen LogP contribution in [0.5, 0.6) is 0 Å². The Morgan fingerprint density at radius 1 is 1.07 bits per heavy atom. The number of nitrogens with two attached hydrogens (primary N) is 2. The maximum atomic E-state index is 13.9. The zero-order valence-corrected chi connectivity index (χ0v) is 32.6. The molecule has 3 unspecified atom stereocenters. The van der Waals surface area contributed by atoms with E-state index in [2.05, 4.69) is 31.0 Å². The summed E-state index contributed by atoms with van der Waals surface area (Å²) in [6.45, 7) is 4.11. The number of aliphatic hydroxyl groups is 1. The number of imidazole rings is 1. The van der Waals surface area contributed by atoms with Crippen LogP contribution in [0.4, 0.5) is 11.6 Å². The van der Waals surface area contributed by atoms with Gasteiger partial charge in [0.05, 0.1) is 25.6 Å². The van der Waals surface area contributed by atoms with Crippen LogP contribution in [0.2, 0.25) is 0 Å². The topological polar surface area (TPSA) is 348 Å². The molecule has 0 aromatic carbocycles. The van der Waals surface area contributed by atoms with Gasteiger partial charge in [-0.1, -0.05) is 6.08 Å². The van der Waals surface area contributed by atoms with Crippen LogP contribution in [-0.4, -0.2) is 135 Å². The molecule has 25 nitrogen and oxygen atoms in total. The number of anilines is 2. The smallest absolute Gasteiger partial charge is 0.455 e. The van der Waals surface area contributed by atoms with Gasteiger partial charge in [-0.25, -0.2) is 33.7 Å². The third kappa shape index (κ3) is 9.96. The molecule has 3 fully saturated rings. The van der Waals surface area contributed by atoms with Crippen LogP contribution in [0.1, 0.15) is 45.1 Å². The first kappa shape index (κ1) is 43.4. The molecule has 8 N–H and O–H groups in total. The number of phosphoric acid groups is 2. The number of ether oxygens (including phenoxy) is 4. The Labute approximate surface area is 328 Å². The molecule has 3 aromatic rings. The molecule has 27 heteroatoms. The van der Waals surface area contributed by atoms with Crippen LogP contribution < -0.4 is 17.2 Å². The van der Waals surface area contributed by atoms with Crippen molar-refractivity contribution in [1.82, 2.24) is 34.0 Å². The van der Waals surface area contributed by atoms with Crippen molar-refractivity contribution >= 4 is 50.3 Å². The van der Waals surface area contributed by atoms with E-state index < -0.39 is 95.6 Å². The number of fused-ring (bicyclic) bond motifs is 1. The molecule has 58 heavy (non-hydrogen) atoms. The number of aliphatic hydroxyl groups excluding tert-OH is 1.